The number of hydrogen-bond acceptors (Lipinski definition) is 6. The van der Waals surface area contributed by atoms with Crippen LogP contribution in [0, 0.1) is 5.82 Å². The van der Waals surface area contributed by atoms with E-state index in [1.54, 1.807) is 18.2 Å². The summed E-state index contributed by atoms with van der Waals surface area (Å²) in [5.74, 6) is -0.544. The minimum Gasteiger partial charge on any atom is -0.444 e. The number of aromatic amines is 1. The fourth-order valence-corrected chi connectivity index (χ4v) is 6.15. The molecule has 218 valence electrons. The van der Waals surface area contributed by atoms with Crippen LogP contribution in [0.1, 0.15) is 62.0 Å². The van der Waals surface area contributed by atoms with E-state index in [4.69, 9.17) is 4.74 Å². The molecule has 42 heavy (non-hydrogen) atoms. The second-order valence-corrected chi connectivity index (χ2v) is 12.3. The predicted molar refractivity (Wildman–Crippen MR) is 161 cm³/mol. The van der Waals surface area contributed by atoms with Crippen molar-refractivity contribution in [3.8, 4) is 0 Å². The van der Waals surface area contributed by atoms with Gasteiger partial charge in [0.15, 0.2) is 0 Å². The number of anilines is 1. The molecule has 1 fully saturated rings. The van der Waals surface area contributed by atoms with Crippen molar-refractivity contribution in [2.24, 2.45) is 0 Å². The van der Waals surface area contributed by atoms with Gasteiger partial charge in [-0.15, -0.1) is 0 Å². The van der Waals surface area contributed by atoms with E-state index in [9.17, 15) is 14.0 Å². The van der Waals surface area contributed by atoms with E-state index >= 15 is 0 Å². The van der Waals surface area contributed by atoms with Crippen molar-refractivity contribution in [2.45, 2.75) is 57.8 Å². The number of carbonyl (C=O) groups excluding carboxylic acids is 1. The molecule has 0 aliphatic carbocycles. The van der Waals surface area contributed by atoms with Crippen LogP contribution in [0.4, 0.5) is 14.9 Å². The van der Waals surface area contributed by atoms with E-state index in [0.717, 1.165) is 47.5 Å². The van der Waals surface area contributed by atoms with Gasteiger partial charge in [-0.2, -0.15) is 5.10 Å². The fraction of sp³-hybridized carbons (Fsp3) is 0.364. The van der Waals surface area contributed by atoms with Gasteiger partial charge >= 0.3 is 6.09 Å². The highest BCUT2D eigenvalue weighted by atomic mass is 19.1. The number of amides is 1. The summed E-state index contributed by atoms with van der Waals surface area (Å²) in [5.41, 5.74) is 4.01. The minimum absolute atomic E-state index is 0.0532. The van der Waals surface area contributed by atoms with Gasteiger partial charge in [0.1, 0.15) is 11.4 Å². The number of H-pyrrole nitrogens is 1. The molecule has 1 saturated heterocycles. The van der Waals surface area contributed by atoms with E-state index in [-0.39, 0.29) is 35.5 Å². The first-order chi connectivity index (χ1) is 20.1. The Balaban J connectivity index is 1.23. The van der Waals surface area contributed by atoms with Gasteiger partial charge in [-0.1, -0.05) is 42.5 Å². The van der Waals surface area contributed by atoms with Crippen LogP contribution >= 0.6 is 0 Å². The number of benzene rings is 3. The molecule has 8 nitrogen and oxygen atoms in total. The molecule has 1 amide bonds. The summed E-state index contributed by atoms with van der Waals surface area (Å²) in [6.45, 7) is 10.7. The molecule has 2 N–H and O–H groups in total. The number of ether oxygens (including phenoxy) is 1. The van der Waals surface area contributed by atoms with Crippen LogP contribution in [0.25, 0.3) is 10.8 Å². The predicted octanol–water partition coefficient (Wildman–Crippen LogP) is 5.80. The van der Waals surface area contributed by atoms with Crippen LogP contribution in [-0.4, -0.2) is 57.4 Å². The first-order valence-corrected chi connectivity index (χ1v) is 14.4. The molecule has 3 atom stereocenters. The minimum atomic E-state index is -0.513. The maximum Gasteiger partial charge on any atom is 0.410 e. The molecule has 0 spiro atoms. The summed E-state index contributed by atoms with van der Waals surface area (Å²) >= 11 is 0. The number of rotatable bonds is 4. The SMILES string of the molecule is CC1CN(Cc2ccc(C3Nc4cccc5c(=O)[nH]nc(c45)C3c3ccc(F)cc3)cc2)CCN1C(=O)OC(C)(C)C. The van der Waals surface area contributed by atoms with Crippen molar-refractivity contribution in [1.29, 1.82) is 0 Å². The Morgan fingerprint density at radius 3 is 2.43 bits per heavy atom. The number of nitrogens with one attached hydrogen (secondary N) is 2. The van der Waals surface area contributed by atoms with Crippen molar-refractivity contribution < 1.29 is 13.9 Å². The Labute approximate surface area is 244 Å². The number of halogens is 1. The fourth-order valence-electron chi connectivity index (χ4n) is 6.15. The first kappa shape index (κ1) is 27.9. The van der Waals surface area contributed by atoms with Crippen molar-refractivity contribution in [1.82, 2.24) is 20.0 Å². The number of nitrogens with zero attached hydrogens (tertiary/aromatic N) is 3. The van der Waals surface area contributed by atoms with Gasteiger partial charge in [-0.05, 0) is 68.7 Å². The molecule has 0 saturated carbocycles. The molecular formula is C33H36FN5O3. The normalized spacial score (nSPS) is 20.8. The largest absolute Gasteiger partial charge is 0.444 e. The van der Waals surface area contributed by atoms with Crippen LogP contribution in [0.2, 0.25) is 0 Å². The Morgan fingerprint density at radius 1 is 1.02 bits per heavy atom. The van der Waals surface area contributed by atoms with Crippen LogP contribution < -0.4 is 10.9 Å². The van der Waals surface area contributed by atoms with Crippen LogP contribution in [-0.2, 0) is 11.3 Å². The van der Waals surface area contributed by atoms with Crippen LogP contribution in [0.5, 0.6) is 0 Å². The summed E-state index contributed by atoms with van der Waals surface area (Å²) in [4.78, 5) is 29.4. The summed E-state index contributed by atoms with van der Waals surface area (Å²) in [5, 5.41) is 12.2. The third-order valence-electron chi connectivity index (χ3n) is 8.10. The molecule has 9 heteroatoms. The molecule has 3 aromatic carbocycles. The second kappa shape index (κ2) is 10.9. The molecule has 2 aliphatic heterocycles. The number of aromatic nitrogens is 2. The zero-order chi connectivity index (χ0) is 29.6. The Morgan fingerprint density at radius 2 is 1.74 bits per heavy atom. The Bertz CT molecular complexity index is 1660. The number of hydrogen-bond donors (Lipinski definition) is 2. The van der Waals surface area contributed by atoms with Gasteiger partial charge in [0.25, 0.3) is 5.56 Å². The lowest BCUT2D eigenvalue weighted by molar-refractivity contribution is 0.000558. The highest BCUT2D eigenvalue weighted by molar-refractivity contribution is 5.97. The van der Waals surface area contributed by atoms with E-state index in [2.05, 4.69) is 51.6 Å². The summed E-state index contributed by atoms with van der Waals surface area (Å²) in [6.07, 6.45) is -0.259. The van der Waals surface area contributed by atoms with E-state index < -0.39 is 5.60 Å². The number of piperazine rings is 1. The highest BCUT2D eigenvalue weighted by Gasteiger charge is 2.35. The van der Waals surface area contributed by atoms with Crippen LogP contribution in [0.15, 0.2) is 71.5 Å². The molecule has 2 aliphatic rings. The smallest absolute Gasteiger partial charge is 0.410 e. The van der Waals surface area contributed by atoms with Gasteiger partial charge < -0.3 is 15.0 Å². The van der Waals surface area contributed by atoms with Gasteiger partial charge in [-0.25, -0.2) is 14.3 Å². The monoisotopic (exact) mass is 569 g/mol. The van der Waals surface area contributed by atoms with E-state index in [1.165, 1.54) is 17.7 Å². The Kier molecular flexibility index (Phi) is 7.22. The van der Waals surface area contributed by atoms with Crippen molar-refractivity contribution in [3.63, 3.8) is 0 Å². The first-order valence-electron chi connectivity index (χ1n) is 14.4. The van der Waals surface area contributed by atoms with E-state index in [1.807, 2.05) is 37.8 Å². The average Bonchev–Trinajstić information content (AvgIpc) is 2.95. The second-order valence-electron chi connectivity index (χ2n) is 12.3. The zero-order valence-corrected chi connectivity index (χ0v) is 24.4. The van der Waals surface area contributed by atoms with Gasteiger partial charge in [-0.3, -0.25) is 9.69 Å². The molecule has 1 aromatic heterocycles. The molecule has 3 heterocycles. The van der Waals surface area contributed by atoms with Crippen molar-refractivity contribution in [2.75, 3.05) is 25.0 Å². The lowest BCUT2D eigenvalue weighted by atomic mass is 9.80. The number of carbonyl (C=O) groups is 1. The van der Waals surface area contributed by atoms with Crippen molar-refractivity contribution in [3.05, 3.63) is 105 Å². The third-order valence-corrected chi connectivity index (χ3v) is 8.10. The molecule has 4 aromatic rings. The molecule has 3 unspecified atom stereocenters. The maximum atomic E-state index is 13.9. The van der Waals surface area contributed by atoms with Gasteiger partial charge in [0, 0.05) is 43.3 Å². The topological polar surface area (TPSA) is 90.6 Å². The van der Waals surface area contributed by atoms with Crippen LogP contribution in [0.3, 0.4) is 0 Å². The molecule has 0 bridgehead atoms. The standard InChI is InChI=1S/C33H36FN5O3/c1-20-18-38(16-17-39(20)32(41)42-33(2,3)4)19-21-8-10-23(11-9-21)29-27(22-12-14-24(34)15-13-22)30-28-25(31(40)37-36-30)6-5-7-26(28)35-29/h5-15,20,27,29,35H,16-19H2,1-4H3,(H,37,40). The average molecular weight is 570 g/mol. The summed E-state index contributed by atoms with van der Waals surface area (Å²) in [6, 6.07) is 20.5. The lowest BCUT2D eigenvalue weighted by Gasteiger charge is -2.40. The van der Waals surface area contributed by atoms with E-state index in [0.29, 0.717) is 11.9 Å². The summed E-state index contributed by atoms with van der Waals surface area (Å²) < 4.78 is 19.5. The van der Waals surface area contributed by atoms with Gasteiger partial charge in [0.05, 0.1) is 23.0 Å². The molecular weight excluding hydrogens is 533 g/mol. The lowest BCUT2D eigenvalue weighted by Crippen LogP contribution is -2.54. The van der Waals surface area contributed by atoms with Crippen molar-refractivity contribution >= 4 is 22.6 Å². The maximum absolute atomic E-state index is 13.9. The third kappa shape index (κ3) is 5.48. The molecule has 6 rings (SSSR count). The summed E-state index contributed by atoms with van der Waals surface area (Å²) in [7, 11) is 0. The Hall–Kier alpha value is -4.24. The zero-order valence-electron chi connectivity index (χ0n) is 24.4. The highest BCUT2D eigenvalue weighted by Crippen LogP contribution is 2.46. The quantitative estimate of drug-likeness (QED) is 0.323. The van der Waals surface area contributed by atoms with Gasteiger partial charge in [0.2, 0.25) is 0 Å². The molecule has 0 radical (unpaired) electrons.